The predicted octanol–water partition coefficient (Wildman–Crippen LogP) is 1.54. The Labute approximate surface area is 106 Å². The Hall–Kier alpha value is -1.58. The standard InChI is InChI=1S/C14H18N2O2/c17-13-5-6-15-7-12(13)14(18)16-8-11(9-1-2-9)10-3-4-10/h5-7,9-11H,1-4,8H2,(H,15,17)(H,16,18). The molecule has 2 saturated carbocycles. The third kappa shape index (κ3) is 2.47. The van der Waals surface area contributed by atoms with Crippen LogP contribution >= 0.6 is 0 Å². The van der Waals surface area contributed by atoms with Gasteiger partial charge in [-0.25, -0.2) is 0 Å². The van der Waals surface area contributed by atoms with Crippen LogP contribution in [0.15, 0.2) is 23.3 Å². The molecule has 2 N–H and O–H groups in total. The van der Waals surface area contributed by atoms with E-state index in [2.05, 4.69) is 10.3 Å². The van der Waals surface area contributed by atoms with Gasteiger partial charge in [0.2, 0.25) is 0 Å². The molecule has 0 aliphatic heterocycles. The van der Waals surface area contributed by atoms with E-state index in [0.29, 0.717) is 5.92 Å². The van der Waals surface area contributed by atoms with Crippen molar-refractivity contribution < 1.29 is 4.79 Å². The Bertz CT molecular complexity index is 489. The molecular formula is C14H18N2O2. The van der Waals surface area contributed by atoms with E-state index in [9.17, 15) is 9.59 Å². The molecule has 1 heterocycles. The molecule has 1 amide bonds. The van der Waals surface area contributed by atoms with Gasteiger partial charge in [-0.2, -0.15) is 0 Å². The molecule has 4 heteroatoms. The summed E-state index contributed by atoms with van der Waals surface area (Å²) in [6.45, 7) is 0.725. The summed E-state index contributed by atoms with van der Waals surface area (Å²) < 4.78 is 0. The first-order chi connectivity index (χ1) is 8.75. The molecule has 0 atom stereocenters. The van der Waals surface area contributed by atoms with Gasteiger partial charge in [0.25, 0.3) is 5.91 Å². The number of carbonyl (C=O) groups excluding carboxylic acids is 1. The highest BCUT2D eigenvalue weighted by atomic mass is 16.2. The summed E-state index contributed by atoms with van der Waals surface area (Å²) in [5.74, 6) is 2.01. The van der Waals surface area contributed by atoms with Crippen LogP contribution in [0.25, 0.3) is 0 Å². The number of nitrogens with one attached hydrogen (secondary N) is 2. The zero-order valence-corrected chi connectivity index (χ0v) is 10.3. The molecule has 0 unspecified atom stereocenters. The largest absolute Gasteiger partial charge is 0.367 e. The first-order valence-corrected chi connectivity index (χ1v) is 6.71. The Morgan fingerprint density at radius 3 is 2.56 bits per heavy atom. The van der Waals surface area contributed by atoms with Crippen molar-refractivity contribution in [1.29, 1.82) is 0 Å². The lowest BCUT2D eigenvalue weighted by Crippen LogP contribution is -2.33. The molecule has 96 valence electrons. The van der Waals surface area contributed by atoms with Crippen molar-refractivity contribution in [2.45, 2.75) is 25.7 Å². The lowest BCUT2D eigenvalue weighted by molar-refractivity contribution is 0.0942. The van der Waals surface area contributed by atoms with Crippen LogP contribution < -0.4 is 10.7 Å². The Morgan fingerprint density at radius 2 is 2.00 bits per heavy atom. The van der Waals surface area contributed by atoms with Gasteiger partial charge in [-0.05, 0) is 43.4 Å². The van der Waals surface area contributed by atoms with Gasteiger partial charge < -0.3 is 10.3 Å². The number of aromatic nitrogens is 1. The van der Waals surface area contributed by atoms with Crippen molar-refractivity contribution >= 4 is 5.91 Å². The molecule has 0 bridgehead atoms. The van der Waals surface area contributed by atoms with Crippen molar-refractivity contribution in [3.05, 3.63) is 34.2 Å². The first-order valence-electron chi connectivity index (χ1n) is 6.71. The molecule has 3 rings (SSSR count). The van der Waals surface area contributed by atoms with Crippen LogP contribution in [0.2, 0.25) is 0 Å². The maximum Gasteiger partial charge on any atom is 0.256 e. The minimum absolute atomic E-state index is 0.211. The van der Waals surface area contributed by atoms with Crippen LogP contribution in [0.4, 0.5) is 0 Å². The fraction of sp³-hybridized carbons (Fsp3) is 0.571. The lowest BCUT2D eigenvalue weighted by Gasteiger charge is -2.15. The second kappa shape index (κ2) is 4.59. The van der Waals surface area contributed by atoms with Gasteiger partial charge in [-0.15, -0.1) is 0 Å². The fourth-order valence-electron chi connectivity index (χ4n) is 2.67. The van der Waals surface area contributed by atoms with Crippen molar-refractivity contribution in [3.63, 3.8) is 0 Å². The van der Waals surface area contributed by atoms with E-state index in [1.165, 1.54) is 44.1 Å². The minimum Gasteiger partial charge on any atom is -0.367 e. The van der Waals surface area contributed by atoms with Gasteiger partial charge in [0, 0.05) is 25.0 Å². The van der Waals surface area contributed by atoms with Crippen LogP contribution in [0.3, 0.4) is 0 Å². The third-order valence-corrected chi connectivity index (χ3v) is 4.02. The van der Waals surface area contributed by atoms with Crippen molar-refractivity contribution in [3.8, 4) is 0 Å². The fourth-order valence-corrected chi connectivity index (χ4v) is 2.67. The normalized spacial score (nSPS) is 18.9. The van der Waals surface area contributed by atoms with Gasteiger partial charge in [-0.1, -0.05) is 0 Å². The summed E-state index contributed by atoms with van der Waals surface area (Å²) in [6.07, 6.45) is 8.25. The predicted molar refractivity (Wildman–Crippen MR) is 68.3 cm³/mol. The monoisotopic (exact) mass is 246 g/mol. The van der Waals surface area contributed by atoms with E-state index in [1.807, 2.05) is 0 Å². The summed E-state index contributed by atoms with van der Waals surface area (Å²) in [6, 6.07) is 1.38. The molecule has 4 nitrogen and oxygen atoms in total. The van der Waals surface area contributed by atoms with E-state index in [0.717, 1.165) is 18.4 Å². The summed E-state index contributed by atoms with van der Waals surface area (Å²) in [7, 11) is 0. The summed E-state index contributed by atoms with van der Waals surface area (Å²) in [5, 5.41) is 2.92. The maximum atomic E-state index is 11.9. The van der Waals surface area contributed by atoms with Gasteiger partial charge in [0.15, 0.2) is 5.43 Å². The van der Waals surface area contributed by atoms with Crippen molar-refractivity contribution in [2.75, 3.05) is 6.54 Å². The number of hydrogen-bond donors (Lipinski definition) is 2. The molecule has 0 saturated heterocycles. The van der Waals surface area contributed by atoms with E-state index < -0.39 is 0 Å². The molecule has 0 aromatic carbocycles. The number of amides is 1. The Morgan fingerprint density at radius 1 is 1.33 bits per heavy atom. The average molecular weight is 246 g/mol. The number of hydrogen-bond acceptors (Lipinski definition) is 2. The SMILES string of the molecule is O=C(NCC(C1CC1)C1CC1)c1c[nH]ccc1=O. The van der Waals surface area contributed by atoms with Crippen molar-refractivity contribution in [1.82, 2.24) is 10.3 Å². The zero-order valence-electron chi connectivity index (χ0n) is 10.3. The summed E-state index contributed by atoms with van der Waals surface area (Å²) in [5.41, 5.74) is -0.0107. The van der Waals surface area contributed by atoms with Crippen LogP contribution in [-0.4, -0.2) is 17.4 Å². The smallest absolute Gasteiger partial charge is 0.256 e. The molecule has 1 aromatic rings. The highest BCUT2D eigenvalue weighted by Gasteiger charge is 2.41. The van der Waals surface area contributed by atoms with E-state index in [-0.39, 0.29) is 16.9 Å². The number of carbonyl (C=O) groups is 1. The number of H-pyrrole nitrogens is 1. The highest BCUT2D eigenvalue weighted by molar-refractivity contribution is 5.93. The molecule has 2 fully saturated rings. The van der Waals surface area contributed by atoms with E-state index in [1.54, 1.807) is 0 Å². The second-order valence-electron chi connectivity index (χ2n) is 5.47. The zero-order chi connectivity index (χ0) is 12.5. The number of aromatic amines is 1. The molecule has 1 aromatic heterocycles. The minimum atomic E-state index is -0.247. The molecule has 2 aliphatic rings. The second-order valence-corrected chi connectivity index (χ2v) is 5.47. The summed E-state index contributed by atoms with van der Waals surface area (Å²) >= 11 is 0. The molecule has 0 spiro atoms. The number of pyridine rings is 1. The van der Waals surface area contributed by atoms with Crippen LogP contribution in [0, 0.1) is 17.8 Å². The van der Waals surface area contributed by atoms with Crippen LogP contribution in [-0.2, 0) is 0 Å². The third-order valence-electron chi connectivity index (χ3n) is 4.02. The van der Waals surface area contributed by atoms with Crippen LogP contribution in [0.1, 0.15) is 36.0 Å². The first kappa shape index (κ1) is 11.5. The van der Waals surface area contributed by atoms with Crippen molar-refractivity contribution in [2.24, 2.45) is 17.8 Å². The Kier molecular flexibility index (Phi) is 2.94. The average Bonchev–Trinajstić information content (AvgIpc) is 3.24. The topological polar surface area (TPSA) is 62.0 Å². The van der Waals surface area contributed by atoms with E-state index in [4.69, 9.17) is 0 Å². The quantitative estimate of drug-likeness (QED) is 0.827. The number of rotatable bonds is 5. The Balaban J connectivity index is 1.60. The van der Waals surface area contributed by atoms with Gasteiger partial charge in [-0.3, -0.25) is 9.59 Å². The van der Waals surface area contributed by atoms with E-state index >= 15 is 0 Å². The highest BCUT2D eigenvalue weighted by Crippen LogP contribution is 2.48. The molecule has 18 heavy (non-hydrogen) atoms. The van der Waals surface area contributed by atoms with Crippen LogP contribution in [0.5, 0.6) is 0 Å². The molecule has 0 radical (unpaired) electrons. The molecule has 2 aliphatic carbocycles. The van der Waals surface area contributed by atoms with Gasteiger partial charge in [0.05, 0.1) is 0 Å². The molecular weight excluding hydrogens is 228 g/mol. The van der Waals surface area contributed by atoms with Gasteiger partial charge >= 0.3 is 0 Å². The van der Waals surface area contributed by atoms with Gasteiger partial charge in [0.1, 0.15) is 5.56 Å². The maximum absolute atomic E-state index is 11.9. The lowest BCUT2D eigenvalue weighted by atomic mass is 9.98. The summed E-state index contributed by atoms with van der Waals surface area (Å²) in [4.78, 5) is 26.2.